The predicted molar refractivity (Wildman–Crippen MR) is 324 cm³/mol. The Morgan fingerprint density at radius 3 is 2.40 bits per heavy atom. The van der Waals surface area contributed by atoms with Crippen molar-refractivity contribution >= 4 is 60.8 Å². The van der Waals surface area contributed by atoms with E-state index >= 15 is 0 Å². The molecule has 4 aromatic carbocycles. The topological polar surface area (TPSA) is 176 Å². The Balaban J connectivity index is 0.726. The standard InChI is InChI=1S/C62H79F4N11O5S/c1-7-74(57-33-47(32-53(67)61(57)68)60-42(2)71-82-43(60)3)38-45-13-8-17-49(31-45)81-40-59(78)75-24-11-14-44(15-12-25-75)37-73-27-29-76(30-28-73)83(6,79)50-20-21-55(58(35-50)80-5)69-23-10-16-48-34-51-54(70-36-46-22-26-72(4)39-52(46)63)18-9-19-56(51)77(48)41-62(64,65)66/h8-9,13,17-21,31-35,44,46,52,69-70H,6-7,11-12,14-15,22-30,36-41,67-68H2,1-5H3/t46?,52-,83?/m0/s1. The second kappa shape index (κ2) is 26.6. The summed E-state index contributed by atoms with van der Waals surface area (Å²) in [5.41, 5.74) is 20.1. The molecule has 446 valence electrons. The van der Waals surface area contributed by atoms with Crippen LogP contribution in [-0.2, 0) is 27.6 Å². The minimum absolute atomic E-state index is 0.0296. The first-order valence-corrected chi connectivity index (χ1v) is 30.3. The Morgan fingerprint density at radius 1 is 0.940 bits per heavy atom. The number of nitrogen functional groups attached to an aromatic ring is 2. The van der Waals surface area contributed by atoms with E-state index < -0.39 is 28.6 Å². The number of amides is 1. The van der Waals surface area contributed by atoms with E-state index in [1.54, 1.807) is 42.5 Å². The molecule has 1 amide bonds. The lowest BCUT2D eigenvalue weighted by Gasteiger charge is -2.38. The van der Waals surface area contributed by atoms with Crippen molar-refractivity contribution in [3.8, 4) is 34.5 Å². The van der Waals surface area contributed by atoms with Crippen molar-refractivity contribution in [3.05, 3.63) is 102 Å². The molecule has 21 heteroatoms. The number of hydrogen-bond donors (Lipinski definition) is 4. The Labute approximate surface area is 485 Å². The van der Waals surface area contributed by atoms with Gasteiger partial charge in [-0.3, -0.25) is 4.79 Å². The number of carbonyl (C=O) groups is 1. The fourth-order valence-corrected chi connectivity index (χ4v) is 13.5. The van der Waals surface area contributed by atoms with Gasteiger partial charge in [-0.15, -0.1) is 0 Å². The van der Waals surface area contributed by atoms with Gasteiger partial charge in [-0.1, -0.05) is 29.3 Å². The number of halogens is 4. The third-order valence-corrected chi connectivity index (χ3v) is 18.6. The zero-order valence-corrected chi connectivity index (χ0v) is 49.1. The number of piperidine rings is 1. The number of carbonyl (C=O) groups excluding carboxylic acids is 1. The van der Waals surface area contributed by atoms with Gasteiger partial charge in [-0.25, -0.2) is 12.9 Å². The number of benzene rings is 4. The molecule has 3 saturated heterocycles. The highest BCUT2D eigenvalue weighted by Gasteiger charge is 2.32. The molecular weight excluding hydrogens is 1090 g/mol. The highest BCUT2D eigenvalue weighted by Crippen LogP contribution is 2.39. The van der Waals surface area contributed by atoms with Crippen molar-refractivity contribution in [3.63, 3.8) is 0 Å². The van der Waals surface area contributed by atoms with E-state index in [0.717, 1.165) is 79.9 Å². The lowest BCUT2D eigenvalue weighted by atomic mass is 9.94. The summed E-state index contributed by atoms with van der Waals surface area (Å²) in [4.78, 5) is 22.5. The minimum atomic E-state index is -4.49. The van der Waals surface area contributed by atoms with Crippen LogP contribution in [0.2, 0.25) is 0 Å². The van der Waals surface area contributed by atoms with Gasteiger partial charge in [0.2, 0.25) is 0 Å². The molecule has 3 atom stereocenters. The van der Waals surface area contributed by atoms with Crippen LogP contribution in [0, 0.1) is 37.5 Å². The van der Waals surface area contributed by atoms with Crippen LogP contribution in [0.4, 0.5) is 46.0 Å². The molecule has 0 bridgehead atoms. The smallest absolute Gasteiger partial charge is 0.406 e. The summed E-state index contributed by atoms with van der Waals surface area (Å²) >= 11 is 0. The molecule has 0 spiro atoms. The van der Waals surface area contributed by atoms with Crippen LogP contribution in [0.15, 0.2) is 88.3 Å². The zero-order chi connectivity index (χ0) is 59.0. The molecule has 0 saturated carbocycles. The number of piperazine rings is 1. The third kappa shape index (κ3) is 14.8. The molecule has 6 N–H and O–H groups in total. The number of aromatic nitrogens is 2. The van der Waals surface area contributed by atoms with Crippen LogP contribution in [0.1, 0.15) is 61.7 Å². The number of aryl methyl sites for hydroxylation is 2. The highest BCUT2D eigenvalue weighted by molar-refractivity contribution is 7.98. The molecule has 0 radical (unpaired) electrons. The number of methoxy groups -OCH3 is 1. The van der Waals surface area contributed by atoms with Gasteiger partial charge in [0, 0.05) is 99.4 Å². The van der Waals surface area contributed by atoms with E-state index in [1.165, 1.54) is 11.7 Å². The number of ether oxygens (including phenoxy) is 2. The lowest BCUT2D eigenvalue weighted by Crippen LogP contribution is -2.49. The van der Waals surface area contributed by atoms with Crippen molar-refractivity contribution < 1.29 is 40.6 Å². The monoisotopic (exact) mass is 1170 g/mol. The van der Waals surface area contributed by atoms with Crippen LogP contribution in [0.25, 0.3) is 22.0 Å². The Morgan fingerprint density at radius 2 is 1.70 bits per heavy atom. The molecule has 2 unspecified atom stereocenters. The normalized spacial score (nSPS) is 18.6. The first-order valence-electron chi connectivity index (χ1n) is 28.7. The lowest BCUT2D eigenvalue weighted by molar-refractivity contribution is -0.140. The molecular formula is C62H79F4N11O5S. The fraction of sp³-hybridized carbons (Fsp3) is 0.468. The quantitative estimate of drug-likeness (QED) is 0.0261. The number of anilines is 5. The van der Waals surface area contributed by atoms with Crippen LogP contribution in [-0.4, -0.2) is 156 Å². The van der Waals surface area contributed by atoms with E-state index in [2.05, 4.69) is 50.2 Å². The number of nitrogens with two attached hydrogens (primary N) is 2. The highest BCUT2D eigenvalue weighted by atomic mass is 32.2. The predicted octanol–water partition coefficient (Wildman–Crippen LogP) is 9.55. The van der Waals surface area contributed by atoms with E-state index in [4.69, 9.17) is 25.5 Å². The van der Waals surface area contributed by atoms with Crippen LogP contribution in [0.5, 0.6) is 11.5 Å². The van der Waals surface area contributed by atoms with Crippen molar-refractivity contribution in [2.75, 3.05) is 126 Å². The largest absolute Gasteiger partial charge is 0.495 e. The first kappa shape index (κ1) is 60.5. The summed E-state index contributed by atoms with van der Waals surface area (Å²) in [6.07, 6.45) is -1.01. The number of likely N-dealkylation sites (tertiary alicyclic amines) is 2. The summed E-state index contributed by atoms with van der Waals surface area (Å²) in [5.74, 6) is 12.2. The molecule has 5 heterocycles. The molecule has 83 heavy (non-hydrogen) atoms. The van der Waals surface area contributed by atoms with Gasteiger partial charge in [-0.05, 0) is 156 Å². The number of rotatable bonds is 19. The molecule has 3 aliphatic heterocycles. The number of fused-ring (bicyclic) bond motifs is 1. The van der Waals surface area contributed by atoms with E-state index in [-0.39, 0.29) is 30.7 Å². The summed E-state index contributed by atoms with van der Waals surface area (Å²) in [5, 5.41) is 11.2. The van der Waals surface area contributed by atoms with Gasteiger partial charge < -0.3 is 60.3 Å². The van der Waals surface area contributed by atoms with Gasteiger partial charge in [0.1, 0.15) is 30.0 Å². The van der Waals surface area contributed by atoms with Gasteiger partial charge in [-0.2, -0.15) is 13.2 Å². The van der Waals surface area contributed by atoms with Crippen molar-refractivity contribution in [1.29, 1.82) is 0 Å². The minimum Gasteiger partial charge on any atom is -0.495 e. The van der Waals surface area contributed by atoms with Crippen LogP contribution >= 0.6 is 0 Å². The molecule has 3 fully saturated rings. The Bertz CT molecular complexity index is 3380. The van der Waals surface area contributed by atoms with Crippen molar-refractivity contribution in [2.24, 2.45) is 11.8 Å². The second-order valence-corrected chi connectivity index (χ2v) is 24.5. The molecule has 0 aliphatic carbocycles. The van der Waals surface area contributed by atoms with E-state index in [0.29, 0.717) is 121 Å². The van der Waals surface area contributed by atoms with Gasteiger partial charge >= 0.3 is 6.18 Å². The molecule has 2 aromatic heterocycles. The van der Waals surface area contributed by atoms with Crippen molar-refractivity contribution in [1.82, 2.24) is 28.7 Å². The molecule has 3 aliphatic rings. The van der Waals surface area contributed by atoms with Gasteiger partial charge in [0.05, 0.1) is 63.0 Å². The number of nitrogens with one attached hydrogen (secondary N) is 2. The summed E-state index contributed by atoms with van der Waals surface area (Å²) in [6, 6.07) is 23.7. The van der Waals surface area contributed by atoms with Crippen LogP contribution in [0.3, 0.4) is 0 Å². The first-order chi connectivity index (χ1) is 39.8. The summed E-state index contributed by atoms with van der Waals surface area (Å²) in [7, 11) is 0.537. The Hall–Kier alpha value is -7.12. The Kier molecular flexibility index (Phi) is 19.4. The van der Waals surface area contributed by atoms with E-state index in [9.17, 15) is 26.6 Å². The molecule has 6 aromatic rings. The maximum atomic E-state index is 14.8. The van der Waals surface area contributed by atoms with E-state index in [1.807, 2.05) is 71.4 Å². The molecule has 16 nitrogen and oxygen atoms in total. The summed E-state index contributed by atoms with van der Waals surface area (Å²) < 4.78 is 91.4. The van der Waals surface area contributed by atoms with Gasteiger partial charge in [0.15, 0.2) is 6.61 Å². The average Bonchev–Trinajstić information content (AvgIpc) is 3.82. The second-order valence-electron chi connectivity index (χ2n) is 22.2. The third-order valence-electron chi connectivity index (χ3n) is 16.4. The SMILES string of the molecule is C=S(=O)(c1ccc(NCC#Cc2cc3c(NCC4CCN(C)C[C@@H]4F)cccc3n2CC(F)(F)F)c(OC)c1)N1CCN(CC2CCCN(C(=O)COc3cccc(CN(CC)c4cc(-c5c(C)noc5C)cc(N)c4N)c3)CCC2)CC1. The number of nitrogens with zero attached hydrogens (tertiary/aromatic N) is 7. The van der Waals surface area contributed by atoms with Crippen LogP contribution < -0.4 is 36.5 Å². The average molecular weight is 1170 g/mol. The molecule has 9 rings (SSSR count). The fourth-order valence-electron chi connectivity index (χ4n) is 11.8. The summed E-state index contributed by atoms with van der Waals surface area (Å²) in [6.45, 7) is 12.3. The maximum absolute atomic E-state index is 14.8. The maximum Gasteiger partial charge on any atom is 0.406 e. The van der Waals surface area contributed by atoms with Crippen molar-refractivity contribution in [2.45, 2.75) is 83.2 Å². The number of hydrogen-bond acceptors (Lipinski definition) is 13. The number of alkyl halides is 4. The zero-order valence-electron chi connectivity index (χ0n) is 48.3. The van der Waals surface area contributed by atoms with Gasteiger partial charge in [0.25, 0.3) is 5.91 Å².